The summed E-state index contributed by atoms with van der Waals surface area (Å²) in [6, 6.07) is 12.5. The lowest BCUT2D eigenvalue weighted by molar-refractivity contribution is -0.121. The molecule has 0 fully saturated rings. The monoisotopic (exact) mass is 431 g/mol. The fourth-order valence-corrected chi connectivity index (χ4v) is 3.92. The van der Waals surface area contributed by atoms with E-state index in [1.54, 1.807) is 0 Å². The molecule has 1 heterocycles. The predicted octanol–water partition coefficient (Wildman–Crippen LogP) is 2.99. The lowest BCUT2D eigenvalue weighted by Crippen LogP contribution is -2.23. The van der Waals surface area contributed by atoms with E-state index in [0.29, 0.717) is 6.54 Å². The van der Waals surface area contributed by atoms with Crippen molar-refractivity contribution >= 4 is 15.7 Å². The van der Waals surface area contributed by atoms with Crippen molar-refractivity contribution in [3.05, 3.63) is 77.2 Å². The summed E-state index contributed by atoms with van der Waals surface area (Å²) in [5.74, 6) is -0.991. The van der Waals surface area contributed by atoms with Gasteiger partial charge in [0.15, 0.2) is 15.7 Å². The Morgan fingerprint density at radius 1 is 1.07 bits per heavy atom. The third kappa shape index (κ3) is 5.96. The summed E-state index contributed by atoms with van der Waals surface area (Å²) in [6.45, 7) is 2.51. The van der Waals surface area contributed by atoms with Crippen LogP contribution in [-0.2, 0) is 39.8 Å². The molecule has 0 spiro atoms. The lowest BCUT2D eigenvalue weighted by atomic mass is 10.1. The molecule has 0 aliphatic carbocycles. The molecular weight excluding hydrogens is 409 g/mol. The molecule has 1 N–H and O–H groups in total. The fraction of sp³-hybridized carbons (Fsp3) is 0.286. The van der Waals surface area contributed by atoms with Crippen LogP contribution in [0.2, 0.25) is 0 Å². The summed E-state index contributed by atoms with van der Waals surface area (Å²) >= 11 is 0. The average Bonchev–Trinajstić information content (AvgIpc) is 3.18. The van der Waals surface area contributed by atoms with Gasteiger partial charge in [-0.25, -0.2) is 12.8 Å². The standard InChI is InChI=1S/C21H22FN3O4S/c1-2-15-3-5-16(6-4-15)13-23-20(26)11-12-21-24-19(25-29-21)14-30(27,28)18-9-7-17(22)8-10-18/h3-10H,2,11-14H2,1H3,(H,23,26). The Bertz CT molecular complexity index is 1090. The molecule has 0 aliphatic rings. The van der Waals surface area contributed by atoms with Crippen molar-refractivity contribution in [2.24, 2.45) is 0 Å². The maximum atomic E-state index is 13.0. The first-order valence-corrected chi connectivity index (χ1v) is 11.2. The number of hydrogen-bond donors (Lipinski definition) is 1. The molecule has 7 nitrogen and oxygen atoms in total. The zero-order valence-electron chi connectivity index (χ0n) is 16.5. The number of carbonyl (C=O) groups is 1. The Kier molecular flexibility index (Phi) is 6.94. The van der Waals surface area contributed by atoms with E-state index >= 15 is 0 Å². The number of benzene rings is 2. The Balaban J connectivity index is 1.48. The third-order valence-electron chi connectivity index (χ3n) is 4.49. The van der Waals surface area contributed by atoms with Gasteiger partial charge in [0.1, 0.15) is 11.6 Å². The van der Waals surface area contributed by atoms with Gasteiger partial charge in [0, 0.05) is 19.4 Å². The number of nitrogens with zero attached hydrogens (tertiary/aromatic N) is 2. The molecule has 0 radical (unpaired) electrons. The van der Waals surface area contributed by atoms with Crippen molar-refractivity contribution in [2.45, 2.75) is 43.4 Å². The molecule has 0 bridgehead atoms. The molecule has 3 aromatic rings. The maximum absolute atomic E-state index is 13.0. The van der Waals surface area contributed by atoms with Gasteiger partial charge < -0.3 is 9.84 Å². The number of amides is 1. The van der Waals surface area contributed by atoms with Crippen LogP contribution in [0, 0.1) is 5.82 Å². The number of aryl methyl sites for hydroxylation is 2. The fourth-order valence-electron chi connectivity index (χ4n) is 2.75. The SMILES string of the molecule is CCc1ccc(CNC(=O)CCc2nc(CS(=O)(=O)c3ccc(F)cc3)no2)cc1. The van der Waals surface area contributed by atoms with E-state index in [2.05, 4.69) is 22.4 Å². The molecule has 0 unspecified atom stereocenters. The van der Waals surface area contributed by atoms with Gasteiger partial charge in [0.25, 0.3) is 0 Å². The second-order valence-electron chi connectivity index (χ2n) is 6.76. The van der Waals surface area contributed by atoms with E-state index in [4.69, 9.17) is 4.52 Å². The minimum atomic E-state index is -3.72. The number of halogens is 1. The molecule has 3 rings (SSSR count). The Labute approximate surface area is 174 Å². The van der Waals surface area contributed by atoms with E-state index in [-0.39, 0.29) is 35.4 Å². The van der Waals surface area contributed by atoms with Crippen molar-refractivity contribution in [1.82, 2.24) is 15.5 Å². The Morgan fingerprint density at radius 2 is 1.73 bits per heavy atom. The van der Waals surface area contributed by atoms with Crippen LogP contribution in [0.4, 0.5) is 4.39 Å². The summed E-state index contributed by atoms with van der Waals surface area (Å²) in [5, 5.41) is 6.48. The molecule has 0 saturated heterocycles. The summed E-state index contributed by atoms with van der Waals surface area (Å²) in [5.41, 5.74) is 2.24. The van der Waals surface area contributed by atoms with Crippen molar-refractivity contribution < 1.29 is 22.1 Å². The highest BCUT2D eigenvalue weighted by Gasteiger charge is 2.19. The topological polar surface area (TPSA) is 102 Å². The van der Waals surface area contributed by atoms with Crippen LogP contribution in [0.3, 0.4) is 0 Å². The summed E-state index contributed by atoms with van der Waals surface area (Å²) in [4.78, 5) is 16.0. The highest BCUT2D eigenvalue weighted by molar-refractivity contribution is 7.90. The smallest absolute Gasteiger partial charge is 0.227 e. The number of rotatable bonds is 9. The van der Waals surface area contributed by atoms with Gasteiger partial charge in [-0.05, 0) is 41.8 Å². The highest BCUT2D eigenvalue weighted by Crippen LogP contribution is 2.16. The van der Waals surface area contributed by atoms with Crippen molar-refractivity contribution in [2.75, 3.05) is 0 Å². The normalized spacial score (nSPS) is 11.4. The molecule has 0 atom stereocenters. The molecular formula is C21H22FN3O4S. The van der Waals surface area contributed by atoms with Crippen molar-refractivity contribution in [3.63, 3.8) is 0 Å². The molecule has 0 aliphatic heterocycles. The largest absolute Gasteiger partial charge is 0.352 e. The van der Waals surface area contributed by atoms with Gasteiger partial charge in [-0.3, -0.25) is 4.79 Å². The number of hydrogen-bond acceptors (Lipinski definition) is 6. The minimum absolute atomic E-state index is 0.00857. The minimum Gasteiger partial charge on any atom is -0.352 e. The number of nitrogens with one attached hydrogen (secondary N) is 1. The summed E-state index contributed by atoms with van der Waals surface area (Å²) in [6.07, 6.45) is 1.30. The number of aromatic nitrogens is 2. The van der Waals surface area contributed by atoms with Gasteiger partial charge in [-0.2, -0.15) is 4.98 Å². The van der Waals surface area contributed by atoms with Crippen LogP contribution in [-0.4, -0.2) is 24.5 Å². The predicted molar refractivity (Wildman–Crippen MR) is 108 cm³/mol. The highest BCUT2D eigenvalue weighted by atomic mass is 32.2. The van der Waals surface area contributed by atoms with Gasteiger partial charge >= 0.3 is 0 Å². The second-order valence-corrected chi connectivity index (χ2v) is 8.75. The molecule has 2 aromatic carbocycles. The molecule has 30 heavy (non-hydrogen) atoms. The van der Waals surface area contributed by atoms with Gasteiger partial charge in [-0.15, -0.1) is 0 Å². The maximum Gasteiger partial charge on any atom is 0.227 e. The molecule has 1 amide bonds. The van der Waals surface area contributed by atoms with Crippen LogP contribution < -0.4 is 5.32 Å². The van der Waals surface area contributed by atoms with Crippen LogP contribution in [0.5, 0.6) is 0 Å². The summed E-state index contributed by atoms with van der Waals surface area (Å²) < 4.78 is 42.7. The molecule has 1 aromatic heterocycles. The van der Waals surface area contributed by atoms with E-state index in [1.807, 2.05) is 24.3 Å². The van der Waals surface area contributed by atoms with E-state index in [9.17, 15) is 17.6 Å². The molecule has 9 heteroatoms. The van der Waals surface area contributed by atoms with Crippen LogP contribution in [0.15, 0.2) is 57.9 Å². The first-order chi connectivity index (χ1) is 14.4. The lowest BCUT2D eigenvalue weighted by Gasteiger charge is -2.05. The quantitative estimate of drug-likeness (QED) is 0.523. The van der Waals surface area contributed by atoms with E-state index in [0.717, 1.165) is 24.1 Å². The number of sulfone groups is 1. The summed E-state index contributed by atoms with van der Waals surface area (Å²) in [7, 11) is -3.72. The average molecular weight is 431 g/mol. The van der Waals surface area contributed by atoms with Gasteiger partial charge in [0.05, 0.1) is 4.90 Å². The first kappa shape index (κ1) is 21.6. The van der Waals surface area contributed by atoms with Crippen LogP contribution >= 0.6 is 0 Å². The van der Waals surface area contributed by atoms with Gasteiger partial charge in [0.2, 0.25) is 11.8 Å². The Morgan fingerprint density at radius 3 is 2.40 bits per heavy atom. The van der Waals surface area contributed by atoms with Gasteiger partial charge in [-0.1, -0.05) is 36.3 Å². The van der Waals surface area contributed by atoms with Crippen molar-refractivity contribution in [1.29, 1.82) is 0 Å². The first-order valence-electron chi connectivity index (χ1n) is 9.50. The molecule has 158 valence electrons. The van der Waals surface area contributed by atoms with Crippen molar-refractivity contribution in [3.8, 4) is 0 Å². The van der Waals surface area contributed by atoms with E-state index in [1.165, 1.54) is 17.7 Å². The zero-order chi connectivity index (χ0) is 21.6. The van der Waals surface area contributed by atoms with Crippen LogP contribution in [0.1, 0.15) is 36.2 Å². The molecule has 0 saturated carbocycles. The van der Waals surface area contributed by atoms with Crippen LogP contribution in [0.25, 0.3) is 0 Å². The zero-order valence-corrected chi connectivity index (χ0v) is 17.3. The second kappa shape index (κ2) is 9.62. The number of carbonyl (C=O) groups excluding carboxylic acids is 1. The van der Waals surface area contributed by atoms with E-state index < -0.39 is 21.4 Å². The Hall–Kier alpha value is -3.07. The third-order valence-corrected chi connectivity index (χ3v) is 6.12.